The van der Waals surface area contributed by atoms with Crippen molar-refractivity contribution in [3.63, 3.8) is 0 Å². The Labute approximate surface area is 142 Å². The van der Waals surface area contributed by atoms with E-state index in [0.29, 0.717) is 6.42 Å². The standard InChI is InChI=1S/C16H32O2.Na.H/c1-2-3-4-5-6-7-8-9-10-11-12-13-14-15-16(17)18;;/h2-15H2,1H3,(H,17,18);;. The van der Waals surface area contributed by atoms with Gasteiger partial charge in [-0.3, -0.25) is 4.79 Å². The van der Waals surface area contributed by atoms with Gasteiger partial charge in [0.25, 0.3) is 0 Å². The predicted octanol–water partition coefficient (Wildman–Crippen LogP) is 4.90. The Kier molecular flexibility index (Phi) is 21.2. The van der Waals surface area contributed by atoms with Crippen LogP contribution in [0.3, 0.4) is 0 Å². The maximum atomic E-state index is 10.3. The Morgan fingerprint density at radius 3 is 1.32 bits per heavy atom. The van der Waals surface area contributed by atoms with Crippen LogP contribution in [-0.2, 0) is 4.79 Å². The van der Waals surface area contributed by atoms with Crippen LogP contribution in [-0.4, -0.2) is 40.6 Å². The second-order valence-corrected chi connectivity index (χ2v) is 5.39. The summed E-state index contributed by atoms with van der Waals surface area (Å²) in [6, 6.07) is 0. The predicted molar refractivity (Wildman–Crippen MR) is 85.1 cm³/mol. The van der Waals surface area contributed by atoms with E-state index in [4.69, 9.17) is 5.11 Å². The molecule has 0 aromatic rings. The molecule has 0 unspecified atom stereocenters. The summed E-state index contributed by atoms with van der Waals surface area (Å²) in [5.74, 6) is -0.655. The first kappa shape index (κ1) is 21.8. The van der Waals surface area contributed by atoms with Gasteiger partial charge in [0.15, 0.2) is 0 Å². The van der Waals surface area contributed by atoms with E-state index in [1.807, 2.05) is 0 Å². The van der Waals surface area contributed by atoms with Gasteiger partial charge in [0, 0.05) is 6.42 Å². The van der Waals surface area contributed by atoms with E-state index in [9.17, 15) is 4.79 Å². The van der Waals surface area contributed by atoms with Gasteiger partial charge in [-0.25, -0.2) is 0 Å². The molecule has 0 spiro atoms. The van der Waals surface area contributed by atoms with Crippen molar-refractivity contribution in [1.29, 1.82) is 0 Å². The fraction of sp³-hybridized carbons (Fsp3) is 0.938. The van der Waals surface area contributed by atoms with Crippen LogP contribution in [0, 0.1) is 0 Å². The molecule has 0 bridgehead atoms. The third-order valence-electron chi connectivity index (χ3n) is 3.49. The van der Waals surface area contributed by atoms with E-state index < -0.39 is 5.97 Å². The van der Waals surface area contributed by atoms with Gasteiger partial charge in [0.05, 0.1) is 0 Å². The molecule has 1 N–H and O–H groups in total. The maximum absolute atomic E-state index is 10.3. The van der Waals surface area contributed by atoms with Gasteiger partial charge in [0.2, 0.25) is 0 Å². The fourth-order valence-corrected chi connectivity index (χ4v) is 2.29. The number of aliphatic carboxylic acids is 1. The average molecular weight is 280 g/mol. The normalized spacial score (nSPS) is 10.2. The van der Waals surface area contributed by atoms with Gasteiger partial charge in [-0.1, -0.05) is 84.0 Å². The molecule has 0 saturated heterocycles. The zero-order chi connectivity index (χ0) is 13.5. The van der Waals surface area contributed by atoms with Crippen LogP contribution in [0.15, 0.2) is 0 Å². The molecule has 0 aromatic heterocycles. The number of carbonyl (C=O) groups is 1. The number of unbranched alkanes of at least 4 members (excludes halogenated alkanes) is 12. The molecule has 0 atom stereocenters. The summed E-state index contributed by atoms with van der Waals surface area (Å²) in [7, 11) is 0. The number of carboxylic acid groups (broad SMARTS) is 1. The Bertz CT molecular complexity index is 184. The van der Waals surface area contributed by atoms with E-state index in [2.05, 4.69) is 6.92 Å². The zero-order valence-corrected chi connectivity index (χ0v) is 12.3. The second-order valence-electron chi connectivity index (χ2n) is 5.39. The Morgan fingerprint density at radius 1 is 0.684 bits per heavy atom. The van der Waals surface area contributed by atoms with Crippen molar-refractivity contribution in [3.05, 3.63) is 0 Å². The van der Waals surface area contributed by atoms with Crippen LogP contribution >= 0.6 is 0 Å². The molecule has 0 aliphatic rings. The van der Waals surface area contributed by atoms with Gasteiger partial charge in [-0.2, -0.15) is 0 Å². The third kappa shape index (κ3) is 20.9. The summed E-state index contributed by atoms with van der Waals surface area (Å²) in [6.45, 7) is 2.26. The molecule has 0 rings (SSSR count). The topological polar surface area (TPSA) is 37.3 Å². The van der Waals surface area contributed by atoms with E-state index >= 15 is 0 Å². The van der Waals surface area contributed by atoms with Gasteiger partial charge in [-0.05, 0) is 6.42 Å². The Balaban J connectivity index is 0. The van der Waals surface area contributed by atoms with Crippen LogP contribution in [0.4, 0.5) is 0 Å². The number of rotatable bonds is 14. The quantitative estimate of drug-likeness (QED) is 0.363. The number of hydrogen-bond acceptors (Lipinski definition) is 1. The minimum atomic E-state index is -0.655. The van der Waals surface area contributed by atoms with Gasteiger partial charge in [0.1, 0.15) is 0 Å². The summed E-state index contributed by atoms with van der Waals surface area (Å²) in [4.78, 5) is 10.3. The summed E-state index contributed by atoms with van der Waals surface area (Å²) in [5, 5.41) is 8.49. The minimum absolute atomic E-state index is 0. The molecule has 0 aromatic carbocycles. The Morgan fingerprint density at radius 2 is 1.00 bits per heavy atom. The van der Waals surface area contributed by atoms with Crippen molar-refractivity contribution in [2.24, 2.45) is 0 Å². The summed E-state index contributed by atoms with van der Waals surface area (Å²) in [5.41, 5.74) is 0. The summed E-state index contributed by atoms with van der Waals surface area (Å²) >= 11 is 0. The third-order valence-corrected chi connectivity index (χ3v) is 3.49. The second kappa shape index (κ2) is 18.5. The Hall–Kier alpha value is 0.470. The van der Waals surface area contributed by atoms with Crippen molar-refractivity contribution < 1.29 is 9.90 Å². The summed E-state index contributed by atoms with van der Waals surface area (Å²) < 4.78 is 0. The van der Waals surface area contributed by atoms with E-state index in [1.54, 1.807) is 0 Å². The van der Waals surface area contributed by atoms with Gasteiger partial charge < -0.3 is 5.11 Å². The molecule has 3 heteroatoms. The molecular formula is C16H33NaO2. The van der Waals surface area contributed by atoms with Crippen LogP contribution in [0.1, 0.15) is 96.8 Å². The molecule has 0 aliphatic carbocycles. The molecule has 0 heterocycles. The van der Waals surface area contributed by atoms with E-state index in [1.165, 1.54) is 70.6 Å². The first-order valence-electron chi connectivity index (χ1n) is 7.99. The first-order valence-corrected chi connectivity index (χ1v) is 7.99. The van der Waals surface area contributed by atoms with Gasteiger partial charge in [-0.15, -0.1) is 0 Å². The van der Waals surface area contributed by atoms with Crippen LogP contribution < -0.4 is 0 Å². The van der Waals surface area contributed by atoms with Crippen LogP contribution in [0.5, 0.6) is 0 Å². The molecule has 110 valence electrons. The number of hydrogen-bond donors (Lipinski definition) is 1. The zero-order valence-electron chi connectivity index (χ0n) is 12.3. The van der Waals surface area contributed by atoms with Gasteiger partial charge >= 0.3 is 35.5 Å². The van der Waals surface area contributed by atoms with Crippen LogP contribution in [0.25, 0.3) is 0 Å². The monoisotopic (exact) mass is 280 g/mol. The molecule has 2 nitrogen and oxygen atoms in total. The van der Waals surface area contributed by atoms with Crippen molar-refractivity contribution >= 4 is 35.5 Å². The van der Waals surface area contributed by atoms with Crippen molar-refractivity contribution in [3.8, 4) is 0 Å². The van der Waals surface area contributed by atoms with E-state index in [0.717, 1.165) is 12.8 Å². The molecule has 0 amide bonds. The number of carboxylic acids is 1. The average Bonchev–Trinajstić information content (AvgIpc) is 2.34. The summed E-state index contributed by atoms with van der Waals surface area (Å²) in [6.07, 6.45) is 17.3. The van der Waals surface area contributed by atoms with Crippen molar-refractivity contribution in [2.75, 3.05) is 0 Å². The molecule has 19 heavy (non-hydrogen) atoms. The molecule has 0 radical (unpaired) electrons. The van der Waals surface area contributed by atoms with Crippen LogP contribution in [0.2, 0.25) is 0 Å². The SMILES string of the molecule is CCCCCCCCCCCCCCCC(=O)O.[NaH]. The van der Waals surface area contributed by atoms with Crippen molar-refractivity contribution in [2.45, 2.75) is 96.8 Å². The van der Waals surface area contributed by atoms with E-state index in [-0.39, 0.29) is 29.6 Å². The molecule has 0 saturated carbocycles. The first-order chi connectivity index (χ1) is 8.77. The molecule has 0 fully saturated rings. The molecule has 0 aliphatic heterocycles. The fourth-order valence-electron chi connectivity index (χ4n) is 2.29. The van der Waals surface area contributed by atoms with Crippen molar-refractivity contribution in [1.82, 2.24) is 0 Å². The molecular weight excluding hydrogens is 247 g/mol.